The van der Waals surface area contributed by atoms with Gasteiger partial charge in [-0.2, -0.15) is 0 Å². The van der Waals surface area contributed by atoms with Gasteiger partial charge in [0.1, 0.15) is 17.6 Å². The monoisotopic (exact) mass is 414 g/mol. The van der Waals surface area contributed by atoms with E-state index in [4.69, 9.17) is 4.74 Å². The predicted molar refractivity (Wildman–Crippen MR) is 116 cm³/mol. The van der Waals surface area contributed by atoms with Gasteiger partial charge in [0.2, 0.25) is 5.91 Å². The normalized spacial score (nSPS) is 12.7. The number of halogens is 1. The molecule has 2 rings (SSSR count). The molecule has 0 saturated carbocycles. The number of hydrogen-bond donors (Lipinski definition) is 1. The maximum absolute atomic E-state index is 13.3. The van der Waals surface area contributed by atoms with Crippen LogP contribution in [0.5, 0.6) is 5.75 Å². The van der Waals surface area contributed by atoms with Crippen LogP contribution in [0.4, 0.5) is 4.39 Å². The van der Waals surface area contributed by atoms with Crippen LogP contribution < -0.4 is 10.1 Å². The largest absolute Gasteiger partial charge is 0.484 e. The van der Waals surface area contributed by atoms with E-state index in [9.17, 15) is 14.0 Å². The molecule has 162 valence electrons. The minimum Gasteiger partial charge on any atom is -0.484 e. The van der Waals surface area contributed by atoms with E-state index in [0.717, 1.165) is 23.1 Å². The number of nitrogens with one attached hydrogen (secondary N) is 1. The van der Waals surface area contributed by atoms with Gasteiger partial charge in [-0.25, -0.2) is 4.39 Å². The van der Waals surface area contributed by atoms with Crippen molar-refractivity contribution in [2.45, 2.75) is 59.7 Å². The average Bonchev–Trinajstić information content (AvgIpc) is 2.70. The Balaban J connectivity index is 2.16. The van der Waals surface area contributed by atoms with Gasteiger partial charge in [0.15, 0.2) is 6.61 Å². The molecule has 0 aliphatic heterocycles. The third kappa shape index (κ3) is 6.87. The molecule has 0 saturated heterocycles. The quantitative estimate of drug-likeness (QED) is 0.671. The summed E-state index contributed by atoms with van der Waals surface area (Å²) in [6, 6.07) is 11.0. The van der Waals surface area contributed by atoms with Gasteiger partial charge in [0.05, 0.1) is 0 Å². The summed E-state index contributed by atoms with van der Waals surface area (Å²) in [6.45, 7) is 9.51. The maximum Gasteiger partial charge on any atom is 0.261 e. The van der Waals surface area contributed by atoms with Crippen LogP contribution in [0.15, 0.2) is 42.5 Å². The molecule has 2 aromatic carbocycles. The molecule has 0 bridgehead atoms. The van der Waals surface area contributed by atoms with Gasteiger partial charge in [0.25, 0.3) is 5.91 Å². The molecule has 0 unspecified atom stereocenters. The van der Waals surface area contributed by atoms with Gasteiger partial charge < -0.3 is 15.0 Å². The van der Waals surface area contributed by atoms with Crippen LogP contribution in [-0.2, 0) is 16.1 Å². The third-order valence-electron chi connectivity index (χ3n) is 4.99. The molecule has 0 fully saturated rings. The highest BCUT2D eigenvalue weighted by Crippen LogP contribution is 2.17. The molecule has 0 aromatic heterocycles. The Morgan fingerprint density at radius 1 is 1.07 bits per heavy atom. The molecule has 0 radical (unpaired) electrons. The molecule has 2 amide bonds. The van der Waals surface area contributed by atoms with Crippen molar-refractivity contribution in [3.05, 3.63) is 65.0 Å². The van der Waals surface area contributed by atoms with E-state index in [1.165, 1.54) is 17.0 Å². The Labute approximate surface area is 178 Å². The topological polar surface area (TPSA) is 58.6 Å². The zero-order valence-corrected chi connectivity index (χ0v) is 18.4. The lowest BCUT2D eigenvalue weighted by molar-refractivity contribution is -0.142. The number of rotatable bonds is 9. The van der Waals surface area contributed by atoms with Crippen molar-refractivity contribution in [2.75, 3.05) is 6.61 Å². The zero-order chi connectivity index (χ0) is 22.3. The van der Waals surface area contributed by atoms with Crippen molar-refractivity contribution in [1.29, 1.82) is 0 Å². The lowest BCUT2D eigenvalue weighted by Gasteiger charge is -2.29. The Morgan fingerprint density at radius 2 is 1.67 bits per heavy atom. The second-order valence-electron chi connectivity index (χ2n) is 7.75. The molecular formula is C24H31FN2O3. The summed E-state index contributed by atoms with van der Waals surface area (Å²) in [5.41, 5.74) is 2.82. The van der Waals surface area contributed by atoms with Crippen molar-refractivity contribution in [1.82, 2.24) is 10.2 Å². The second kappa shape index (κ2) is 10.8. The summed E-state index contributed by atoms with van der Waals surface area (Å²) in [5, 5.41) is 2.91. The molecule has 2 atom stereocenters. The molecule has 2 aromatic rings. The van der Waals surface area contributed by atoms with E-state index in [0.29, 0.717) is 5.75 Å². The number of aryl methyl sites for hydroxylation is 2. The SMILES string of the molecule is CC[C@H](C)NC(=O)[C@H](C)N(Cc1ccc(F)cc1)C(=O)COc1cc(C)cc(C)c1. The number of benzene rings is 2. The van der Waals surface area contributed by atoms with Crippen LogP contribution in [0.25, 0.3) is 0 Å². The average molecular weight is 415 g/mol. The van der Waals surface area contributed by atoms with Crippen LogP contribution in [0.1, 0.15) is 43.9 Å². The minimum atomic E-state index is -0.695. The molecule has 6 heteroatoms. The lowest BCUT2D eigenvalue weighted by atomic mass is 10.1. The first-order valence-electron chi connectivity index (χ1n) is 10.2. The van der Waals surface area contributed by atoms with Gasteiger partial charge in [0, 0.05) is 12.6 Å². The summed E-state index contributed by atoms with van der Waals surface area (Å²) in [6.07, 6.45) is 0.792. The number of carbonyl (C=O) groups is 2. The number of nitrogens with zero attached hydrogens (tertiary/aromatic N) is 1. The van der Waals surface area contributed by atoms with E-state index >= 15 is 0 Å². The third-order valence-corrected chi connectivity index (χ3v) is 4.99. The van der Waals surface area contributed by atoms with Crippen LogP contribution in [-0.4, -0.2) is 35.4 Å². The van der Waals surface area contributed by atoms with Gasteiger partial charge in [-0.3, -0.25) is 9.59 Å². The first-order chi connectivity index (χ1) is 14.2. The molecular weight excluding hydrogens is 383 g/mol. The van der Waals surface area contributed by atoms with Crippen LogP contribution in [0.2, 0.25) is 0 Å². The Kier molecular flexibility index (Phi) is 8.39. The van der Waals surface area contributed by atoms with E-state index in [2.05, 4.69) is 5.32 Å². The fraction of sp³-hybridized carbons (Fsp3) is 0.417. The van der Waals surface area contributed by atoms with E-state index in [1.807, 2.05) is 45.9 Å². The smallest absolute Gasteiger partial charge is 0.261 e. The Hall–Kier alpha value is -2.89. The van der Waals surface area contributed by atoms with E-state index in [-0.39, 0.29) is 36.8 Å². The van der Waals surface area contributed by atoms with Crippen LogP contribution in [0.3, 0.4) is 0 Å². The highest BCUT2D eigenvalue weighted by Gasteiger charge is 2.27. The molecule has 0 aliphatic rings. The summed E-state index contributed by atoms with van der Waals surface area (Å²) < 4.78 is 19.0. The fourth-order valence-corrected chi connectivity index (χ4v) is 3.08. The van der Waals surface area contributed by atoms with Gasteiger partial charge >= 0.3 is 0 Å². The summed E-state index contributed by atoms with van der Waals surface area (Å²) in [4.78, 5) is 27.1. The zero-order valence-electron chi connectivity index (χ0n) is 18.4. The number of ether oxygens (including phenoxy) is 1. The number of carbonyl (C=O) groups excluding carboxylic acids is 2. The molecule has 5 nitrogen and oxygen atoms in total. The highest BCUT2D eigenvalue weighted by atomic mass is 19.1. The van der Waals surface area contributed by atoms with Gasteiger partial charge in [-0.05, 0) is 75.1 Å². The van der Waals surface area contributed by atoms with Crippen molar-refractivity contribution in [2.24, 2.45) is 0 Å². The molecule has 0 heterocycles. The molecule has 1 N–H and O–H groups in total. The van der Waals surface area contributed by atoms with Crippen molar-refractivity contribution in [3.8, 4) is 5.75 Å². The Bertz CT molecular complexity index is 847. The highest BCUT2D eigenvalue weighted by molar-refractivity contribution is 5.88. The van der Waals surface area contributed by atoms with Gasteiger partial charge in [-0.15, -0.1) is 0 Å². The fourth-order valence-electron chi connectivity index (χ4n) is 3.08. The lowest BCUT2D eigenvalue weighted by Crippen LogP contribution is -2.50. The summed E-state index contributed by atoms with van der Waals surface area (Å²) in [7, 11) is 0. The number of amides is 2. The first kappa shape index (κ1) is 23.4. The van der Waals surface area contributed by atoms with Crippen molar-refractivity contribution in [3.63, 3.8) is 0 Å². The molecule has 0 spiro atoms. The van der Waals surface area contributed by atoms with Gasteiger partial charge in [-0.1, -0.05) is 25.1 Å². The minimum absolute atomic E-state index is 0.00856. The summed E-state index contributed by atoms with van der Waals surface area (Å²) in [5.74, 6) is -0.284. The standard InChI is InChI=1S/C24H31FN2O3/c1-6-18(4)26-24(29)19(5)27(14-20-7-9-21(25)10-8-20)23(28)15-30-22-12-16(2)11-17(3)13-22/h7-13,18-19H,6,14-15H2,1-5H3,(H,26,29)/t18-,19-/m0/s1. The van der Waals surface area contributed by atoms with E-state index in [1.54, 1.807) is 19.1 Å². The van der Waals surface area contributed by atoms with Crippen molar-refractivity contribution < 1.29 is 18.7 Å². The first-order valence-corrected chi connectivity index (χ1v) is 10.2. The van der Waals surface area contributed by atoms with Crippen LogP contribution >= 0.6 is 0 Å². The number of hydrogen-bond acceptors (Lipinski definition) is 3. The molecule has 30 heavy (non-hydrogen) atoms. The maximum atomic E-state index is 13.3. The van der Waals surface area contributed by atoms with E-state index < -0.39 is 6.04 Å². The predicted octanol–water partition coefficient (Wildman–Crippen LogP) is 4.15. The Morgan fingerprint density at radius 3 is 2.23 bits per heavy atom. The van der Waals surface area contributed by atoms with Crippen molar-refractivity contribution >= 4 is 11.8 Å². The molecule has 0 aliphatic carbocycles. The summed E-state index contributed by atoms with van der Waals surface area (Å²) >= 11 is 0. The second-order valence-corrected chi connectivity index (χ2v) is 7.75. The van der Waals surface area contributed by atoms with Crippen LogP contribution in [0, 0.1) is 19.7 Å².